The number of benzene rings is 1. The molecule has 5 nitrogen and oxygen atoms in total. The van der Waals surface area contributed by atoms with Gasteiger partial charge in [0.15, 0.2) is 5.96 Å². The summed E-state index contributed by atoms with van der Waals surface area (Å²) in [6.45, 7) is 6.35. The number of hydrogen-bond donors (Lipinski definition) is 3. The van der Waals surface area contributed by atoms with Crippen molar-refractivity contribution in [2.24, 2.45) is 10.4 Å². The van der Waals surface area contributed by atoms with E-state index in [4.69, 9.17) is 4.74 Å². The highest BCUT2D eigenvalue weighted by Crippen LogP contribution is 2.35. The van der Waals surface area contributed by atoms with Crippen molar-refractivity contribution in [2.75, 3.05) is 20.2 Å². The van der Waals surface area contributed by atoms with Crippen molar-refractivity contribution in [3.63, 3.8) is 0 Å². The molecule has 0 bridgehead atoms. The number of rotatable bonds is 6. The second-order valence-corrected chi connectivity index (χ2v) is 6.82. The van der Waals surface area contributed by atoms with Crippen LogP contribution in [0.15, 0.2) is 29.3 Å². The van der Waals surface area contributed by atoms with Crippen molar-refractivity contribution >= 4 is 29.9 Å². The quantitative estimate of drug-likeness (QED) is 0.346. The molecule has 0 radical (unpaired) electrons. The summed E-state index contributed by atoms with van der Waals surface area (Å²) in [5.74, 6) is 1.64. The average Bonchev–Trinajstić information content (AvgIpc) is 2.60. The SMILES string of the molecule is CCNC(=NCc1cccc(OC)c1)NCC1(C)CCCCC1O.I. The Kier molecular flexibility index (Phi) is 9.56. The molecule has 2 unspecified atom stereocenters. The van der Waals surface area contributed by atoms with Gasteiger partial charge in [-0.15, -0.1) is 24.0 Å². The van der Waals surface area contributed by atoms with Gasteiger partial charge in [-0.05, 0) is 37.5 Å². The molecule has 0 aliphatic heterocycles. The van der Waals surface area contributed by atoms with E-state index in [0.717, 1.165) is 49.6 Å². The normalized spacial score (nSPS) is 23.5. The number of nitrogens with one attached hydrogen (secondary N) is 2. The number of aliphatic imine (C=N–C) groups is 1. The Morgan fingerprint density at radius 2 is 2.16 bits per heavy atom. The van der Waals surface area contributed by atoms with Crippen LogP contribution in [0.25, 0.3) is 0 Å². The van der Waals surface area contributed by atoms with Gasteiger partial charge in [0.2, 0.25) is 0 Å². The number of aliphatic hydroxyl groups is 1. The van der Waals surface area contributed by atoms with Crippen LogP contribution in [0.4, 0.5) is 0 Å². The first-order valence-electron chi connectivity index (χ1n) is 8.90. The van der Waals surface area contributed by atoms with Crippen molar-refractivity contribution in [3.05, 3.63) is 29.8 Å². The van der Waals surface area contributed by atoms with Gasteiger partial charge in [0.1, 0.15) is 5.75 Å². The standard InChI is InChI=1S/C19H31N3O2.HI/c1-4-20-18(21-13-15-8-7-9-16(12-15)24-3)22-14-19(2)11-6-5-10-17(19)23;/h7-9,12,17,23H,4-6,10-11,13-14H2,1-3H3,(H2,20,21,22);1H. The third kappa shape index (κ3) is 6.66. The maximum atomic E-state index is 10.3. The van der Waals surface area contributed by atoms with Crippen LogP contribution in [0.2, 0.25) is 0 Å². The highest BCUT2D eigenvalue weighted by atomic mass is 127. The van der Waals surface area contributed by atoms with Gasteiger partial charge < -0.3 is 20.5 Å². The Morgan fingerprint density at radius 1 is 1.36 bits per heavy atom. The molecule has 0 aromatic heterocycles. The van der Waals surface area contributed by atoms with Gasteiger partial charge in [-0.3, -0.25) is 0 Å². The molecule has 1 aromatic carbocycles. The van der Waals surface area contributed by atoms with Crippen LogP contribution in [-0.4, -0.2) is 37.4 Å². The van der Waals surface area contributed by atoms with Crippen molar-refractivity contribution in [1.82, 2.24) is 10.6 Å². The molecule has 3 N–H and O–H groups in total. The monoisotopic (exact) mass is 461 g/mol. The second-order valence-electron chi connectivity index (χ2n) is 6.82. The largest absolute Gasteiger partial charge is 0.497 e. The van der Waals surface area contributed by atoms with Crippen LogP contribution in [-0.2, 0) is 6.54 Å². The molecule has 1 aromatic rings. The Balaban J connectivity index is 0.00000312. The van der Waals surface area contributed by atoms with E-state index in [2.05, 4.69) is 29.5 Å². The fourth-order valence-electron chi connectivity index (χ4n) is 3.16. The van der Waals surface area contributed by atoms with Crippen molar-refractivity contribution < 1.29 is 9.84 Å². The molecule has 1 aliphatic carbocycles. The van der Waals surface area contributed by atoms with E-state index >= 15 is 0 Å². The Hall–Kier alpha value is -1.02. The molecular weight excluding hydrogens is 429 g/mol. The maximum Gasteiger partial charge on any atom is 0.191 e. The third-order valence-electron chi connectivity index (χ3n) is 4.84. The number of nitrogens with zero attached hydrogens (tertiary/aromatic N) is 1. The summed E-state index contributed by atoms with van der Waals surface area (Å²) < 4.78 is 5.25. The Bertz CT molecular complexity index is 553. The lowest BCUT2D eigenvalue weighted by molar-refractivity contribution is 0.00397. The smallest absolute Gasteiger partial charge is 0.191 e. The van der Waals surface area contributed by atoms with Gasteiger partial charge in [-0.1, -0.05) is 31.9 Å². The Labute approximate surface area is 168 Å². The zero-order chi connectivity index (χ0) is 17.4. The fraction of sp³-hybridized carbons (Fsp3) is 0.632. The number of halogens is 1. The minimum Gasteiger partial charge on any atom is -0.497 e. The van der Waals surface area contributed by atoms with Crippen LogP contribution in [0.1, 0.15) is 45.1 Å². The van der Waals surface area contributed by atoms with Crippen LogP contribution in [0.5, 0.6) is 5.75 Å². The van der Waals surface area contributed by atoms with Crippen LogP contribution >= 0.6 is 24.0 Å². The molecule has 2 rings (SSSR count). The lowest BCUT2D eigenvalue weighted by Gasteiger charge is -2.38. The minimum atomic E-state index is -0.236. The van der Waals surface area contributed by atoms with Gasteiger partial charge >= 0.3 is 0 Å². The average molecular weight is 461 g/mol. The summed E-state index contributed by atoms with van der Waals surface area (Å²) in [5, 5.41) is 17.0. The second kappa shape index (κ2) is 10.9. The lowest BCUT2D eigenvalue weighted by atomic mass is 9.73. The van der Waals surface area contributed by atoms with Crippen LogP contribution in [0.3, 0.4) is 0 Å². The molecule has 1 fully saturated rings. The minimum absolute atomic E-state index is 0. The van der Waals surface area contributed by atoms with Crippen LogP contribution < -0.4 is 15.4 Å². The van der Waals surface area contributed by atoms with E-state index in [0.29, 0.717) is 6.54 Å². The predicted molar refractivity (Wildman–Crippen MR) is 114 cm³/mol. The predicted octanol–water partition coefficient (Wildman–Crippen LogP) is 3.31. The van der Waals surface area contributed by atoms with Gasteiger partial charge in [0.25, 0.3) is 0 Å². The third-order valence-corrected chi connectivity index (χ3v) is 4.84. The molecule has 1 aliphatic rings. The van der Waals surface area contributed by atoms with Gasteiger partial charge in [-0.25, -0.2) is 4.99 Å². The number of hydrogen-bond acceptors (Lipinski definition) is 3. The molecule has 0 spiro atoms. The van der Waals surface area contributed by atoms with Crippen LogP contribution in [0, 0.1) is 5.41 Å². The number of ether oxygens (including phenoxy) is 1. The maximum absolute atomic E-state index is 10.3. The zero-order valence-electron chi connectivity index (χ0n) is 15.5. The molecule has 25 heavy (non-hydrogen) atoms. The van der Waals surface area contributed by atoms with Crippen molar-refractivity contribution in [1.29, 1.82) is 0 Å². The molecule has 1 saturated carbocycles. The van der Waals surface area contributed by atoms with E-state index < -0.39 is 0 Å². The summed E-state index contributed by atoms with van der Waals surface area (Å²) in [5.41, 5.74) is 1.03. The number of aliphatic hydroxyl groups excluding tert-OH is 1. The molecule has 142 valence electrons. The summed E-state index contributed by atoms with van der Waals surface area (Å²) in [6, 6.07) is 7.95. The Morgan fingerprint density at radius 3 is 2.84 bits per heavy atom. The summed E-state index contributed by atoms with van der Waals surface area (Å²) in [6.07, 6.45) is 4.03. The molecule has 0 saturated heterocycles. The highest BCUT2D eigenvalue weighted by molar-refractivity contribution is 14.0. The van der Waals surface area contributed by atoms with E-state index in [9.17, 15) is 5.11 Å². The summed E-state index contributed by atoms with van der Waals surface area (Å²) in [7, 11) is 1.67. The van der Waals surface area contributed by atoms with Gasteiger partial charge in [0, 0.05) is 18.5 Å². The number of guanidine groups is 1. The molecule has 0 amide bonds. The van der Waals surface area contributed by atoms with E-state index in [-0.39, 0.29) is 35.5 Å². The summed E-state index contributed by atoms with van der Waals surface area (Å²) in [4.78, 5) is 4.66. The molecule has 6 heteroatoms. The van der Waals surface area contributed by atoms with Crippen molar-refractivity contribution in [3.8, 4) is 5.75 Å². The zero-order valence-corrected chi connectivity index (χ0v) is 17.9. The van der Waals surface area contributed by atoms with Gasteiger partial charge in [0.05, 0.1) is 19.8 Å². The van der Waals surface area contributed by atoms with Gasteiger partial charge in [-0.2, -0.15) is 0 Å². The lowest BCUT2D eigenvalue weighted by Crippen LogP contribution is -2.48. The summed E-state index contributed by atoms with van der Waals surface area (Å²) >= 11 is 0. The highest BCUT2D eigenvalue weighted by Gasteiger charge is 2.35. The first kappa shape index (κ1) is 22.0. The van der Waals surface area contributed by atoms with E-state index in [1.54, 1.807) is 7.11 Å². The van der Waals surface area contributed by atoms with E-state index in [1.165, 1.54) is 6.42 Å². The fourth-order valence-corrected chi connectivity index (χ4v) is 3.16. The van der Waals surface area contributed by atoms with E-state index in [1.807, 2.05) is 24.3 Å². The molecule has 0 heterocycles. The van der Waals surface area contributed by atoms with Crippen molar-refractivity contribution in [2.45, 2.75) is 52.2 Å². The molecular formula is C19H32IN3O2. The molecule has 2 atom stereocenters. The number of methoxy groups -OCH3 is 1. The topological polar surface area (TPSA) is 65.9 Å². The first-order chi connectivity index (χ1) is 11.6. The first-order valence-corrected chi connectivity index (χ1v) is 8.90.